The summed E-state index contributed by atoms with van der Waals surface area (Å²) in [6.07, 6.45) is 4.73. The molecule has 2 aromatic rings. The summed E-state index contributed by atoms with van der Waals surface area (Å²) in [4.78, 5) is 4.30. The minimum Gasteiger partial charge on any atom is -0.385 e. The number of hydrogen-bond acceptors (Lipinski definition) is 2. The van der Waals surface area contributed by atoms with E-state index >= 15 is 0 Å². The van der Waals surface area contributed by atoms with Crippen molar-refractivity contribution in [3.8, 4) is 0 Å². The highest BCUT2D eigenvalue weighted by atomic mass is 79.9. The van der Waals surface area contributed by atoms with Crippen molar-refractivity contribution in [1.29, 1.82) is 0 Å². The molecule has 0 spiro atoms. The zero-order valence-electron chi connectivity index (χ0n) is 10.1. The predicted octanol–water partition coefficient (Wildman–Crippen LogP) is 3.15. The van der Waals surface area contributed by atoms with E-state index in [2.05, 4.69) is 51.4 Å². The van der Waals surface area contributed by atoms with Gasteiger partial charge in [0.05, 0.1) is 0 Å². The molecule has 0 unspecified atom stereocenters. The highest BCUT2D eigenvalue weighted by Gasteiger charge is 2.00. The number of nitrogens with zero attached hydrogens (tertiary/aromatic N) is 2. The first-order valence-corrected chi connectivity index (χ1v) is 6.42. The van der Waals surface area contributed by atoms with E-state index in [9.17, 15) is 0 Å². The number of aryl methyl sites for hydroxylation is 2. The highest BCUT2D eigenvalue weighted by Crippen LogP contribution is 2.18. The van der Waals surface area contributed by atoms with Crippen molar-refractivity contribution in [2.45, 2.75) is 13.3 Å². The zero-order valence-corrected chi connectivity index (χ0v) is 11.7. The Bertz CT molecular complexity index is 485. The van der Waals surface area contributed by atoms with Crippen LogP contribution in [-0.4, -0.2) is 16.1 Å². The Morgan fingerprint density at radius 3 is 2.82 bits per heavy atom. The molecule has 0 saturated carbocycles. The van der Waals surface area contributed by atoms with E-state index in [1.54, 1.807) is 0 Å². The molecule has 0 bridgehead atoms. The van der Waals surface area contributed by atoms with Gasteiger partial charge in [0, 0.05) is 42.6 Å². The number of hydrogen-bond donors (Lipinski definition) is 1. The Kier molecular flexibility index (Phi) is 3.84. The quantitative estimate of drug-likeness (QED) is 0.939. The van der Waals surface area contributed by atoms with Gasteiger partial charge in [0.2, 0.25) is 0 Å². The van der Waals surface area contributed by atoms with Gasteiger partial charge in [-0.3, -0.25) is 0 Å². The summed E-state index contributed by atoms with van der Waals surface area (Å²) in [5.74, 6) is 1.10. The lowest BCUT2D eigenvalue weighted by Crippen LogP contribution is -2.08. The Hall–Kier alpha value is -1.29. The van der Waals surface area contributed by atoms with E-state index in [0.717, 1.165) is 29.0 Å². The normalized spacial score (nSPS) is 10.5. The number of benzene rings is 1. The van der Waals surface area contributed by atoms with Gasteiger partial charge >= 0.3 is 0 Å². The minimum atomic E-state index is 0.890. The van der Waals surface area contributed by atoms with Crippen LogP contribution in [0.25, 0.3) is 0 Å². The van der Waals surface area contributed by atoms with E-state index < -0.39 is 0 Å². The van der Waals surface area contributed by atoms with Gasteiger partial charge in [-0.2, -0.15) is 0 Å². The second kappa shape index (κ2) is 5.36. The fraction of sp³-hybridized carbons (Fsp3) is 0.308. The molecular weight excluding hydrogens is 278 g/mol. The molecule has 0 aliphatic rings. The maximum Gasteiger partial charge on any atom is 0.110 e. The van der Waals surface area contributed by atoms with Crippen molar-refractivity contribution in [2.24, 2.45) is 7.05 Å². The summed E-state index contributed by atoms with van der Waals surface area (Å²) < 4.78 is 3.16. The van der Waals surface area contributed by atoms with Gasteiger partial charge < -0.3 is 9.88 Å². The molecule has 17 heavy (non-hydrogen) atoms. The van der Waals surface area contributed by atoms with Crippen molar-refractivity contribution >= 4 is 21.6 Å². The molecule has 3 nitrogen and oxygen atoms in total. The highest BCUT2D eigenvalue weighted by molar-refractivity contribution is 9.10. The molecule has 0 radical (unpaired) electrons. The first-order valence-electron chi connectivity index (χ1n) is 5.62. The molecule has 0 fully saturated rings. The fourth-order valence-corrected chi connectivity index (χ4v) is 2.40. The lowest BCUT2D eigenvalue weighted by atomic mass is 10.2. The largest absolute Gasteiger partial charge is 0.385 e. The average molecular weight is 294 g/mol. The molecule has 0 aliphatic carbocycles. The molecule has 2 rings (SSSR count). The fourth-order valence-electron chi connectivity index (χ4n) is 1.79. The van der Waals surface area contributed by atoms with Gasteiger partial charge in [-0.1, -0.05) is 15.9 Å². The summed E-state index contributed by atoms with van der Waals surface area (Å²) in [7, 11) is 2.02. The molecular formula is C13H16BrN3. The zero-order chi connectivity index (χ0) is 12.3. The Balaban J connectivity index is 1.92. The average Bonchev–Trinajstić information content (AvgIpc) is 2.63. The number of nitrogens with one attached hydrogen (secondary N) is 1. The number of imidazole rings is 1. The molecule has 1 aromatic carbocycles. The van der Waals surface area contributed by atoms with Crippen LogP contribution < -0.4 is 5.32 Å². The smallest absolute Gasteiger partial charge is 0.110 e. The van der Waals surface area contributed by atoms with Crippen LogP contribution >= 0.6 is 15.9 Å². The predicted molar refractivity (Wildman–Crippen MR) is 74.3 cm³/mol. The van der Waals surface area contributed by atoms with Crippen molar-refractivity contribution in [3.63, 3.8) is 0 Å². The van der Waals surface area contributed by atoms with E-state index in [0.29, 0.717) is 0 Å². The van der Waals surface area contributed by atoms with Gasteiger partial charge in [-0.15, -0.1) is 0 Å². The van der Waals surface area contributed by atoms with E-state index in [-0.39, 0.29) is 0 Å². The molecule has 1 heterocycles. The Morgan fingerprint density at radius 1 is 1.35 bits per heavy atom. The van der Waals surface area contributed by atoms with Crippen molar-refractivity contribution < 1.29 is 0 Å². The number of aromatic nitrogens is 2. The third-order valence-corrected chi connectivity index (χ3v) is 3.10. The van der Waals surface area contributed by atoms with E-state index in [4.69, 9.17) is 0 Å². The summed E-state index contributed by atoms with van der Waals surface area (Å²) in [5, 5.41) is 3.41. The van der Waals surface area contributed by atoms with Crippen LogP contribution in [0.4, 0.5) is 5.69 Å². The second-order valence-corrected chi connectivity index (χ2v) is 5.06. The minimum absolute atomic E-state index is 0.890. The second-order valence-electron chi connectivity index (χ2n) is 4.15. The number of rotatable bonds is 4. The van der Waals surface area contributed by atoms with Gasteiger partial charge in [0.15, 0.2) is 0 Å². The van der Waals surface area contributed by atoms with Gasteiger partial charge in [-0.25, -0.2) is 4.98 Å². The van der Waals surface area contributed by atoms with Crippen molar-refractivity contribution in [3.05, 3.63) is 46.5 Å². The van der Waals surface area contributed by atoms with Crippen LogP contribution in [0.1, 0.15) is 11.4 Å². The lowest BCUT2D eigenvalue weighted by Gasteiger charge is -2.08. The van der Waals surface area contributed by atoms with Crippen molar-refractivity contribution in [2.75, 3.05) is 11.9 Å². The van der Waals surface area contributed by atoms with Crippen LogP contribution in [0.3, 0.4) is 0 Å². The topological polar surface area (TPSA) is 29.9 Å². The number of anilines is 1. The lowest BCUT2D eigenvalue weighted by molar-refractivity contribution is 0.789. The maximum atomic E-state index is 4.30. The van der Waals surface area contributed by atoms with Crippen LogP contribution in [-0.2, 0) is 13.5 Å². The SMILES string of the molecule is Cc1cc(Br)cc(NCCc2nccn2C)c1. The van der Waals surface area contributed by atoms with Gasteiger partial charge in [-0.05, 0) is 30.7 Å². The summed E-state index contributed by atoms with van der Waals surface area (Å²) >= 11 is 3.50. The molecule has 90 valence electrons. The Morgan fingerprint density at radius 2 is 2.18 bits per heavy atom. The third kappa shape index (κ3) is 3.33. The van der Waals surface area contributed by atoms with Crippen LogP contribution in [0.15, 0.2) is 35.1 Å². The molecule has 0 atom stereocenters. The van der Waals surface area contributed by atoms with E-state index in [1.165, 1.54) is 5.56 Å². The first-order chi connectivity index (χ1) is 8.15. The molecule has 0 aliphatic heterocycles. The first kappa shape index (κ1) is 12.2. The summed E-state index contributed by atoms with van der Waals surface area (Å²) in [6, 6.07) is 6.33. The number of halogens is 1. The molecule has 1 aromatic heterocycles. The summed E-state index contributed by atoms with van der Waals surface area (Å²) in [6.45, 7) is 2.98. The molecule has 0 amide bonds. The Labute approximate surface area is 110 Å². The molecule has 1 N–H and O–H groups in total. The van der Waals surface area contributed by atoms with Gasteiger partial charge in [0.1, 0.15) is 5.82 Å². The molecule has 4 heteroatoms. The maximum absolute atomic E-state index is 4.30. The van der Waals surface area contributed by atoms with Crippen LogP contribution in [0.5, 0.6) is 0 Å². The standard InChI is InChI=1S/C13H16BrN3/c1-10-7-11(14)9-12(8-10)15-4-3-13-16-5-6-17(13)2/h5-9,15H,3-4H2,1-2H3. The van der Waals surface area contributed by atoms with Crippen LogP contribution in [0.2, 0.25) is 0 Å². The van der Waals surface area contributed by atoms with E-state index in [1.807, 2.05) is 24.0 Å². The van der Waals surface area contributed by atoms with Gasteiger partial charge in [0.25, 0.3) is 0 Å². The third-order valence-electron chi connectivity index (χ3n) is 2.64. The van der Waals surface area contributed by atoms with Crippen molar-refractivity contribution in [1.82, 2.24) is 9.55 Å². The summed E-state index contributed by atoms with van der Waals surface area (Å²) in [5.41, 5.74) is 2.39. The molecule has 0 saturated heterocycles. The van der Waals surface area contributed by atoms with Crippen LogP contribution in [0, 0.1) is 6.92 Å². The monoisotopic (exact) mass is 293 g/mol.